The number of nitrogens with zero attached hydrogens (tertiary/aromatic N) is 3. The average molecular weight is 450 g/mol. The van der Waals surface area contributed by atoms with Gasteiger partial charge in [0.2, 0.25) is 5.90 Å². The number of aromatic nitrogens is 3. The molecule has 0 bridgehead atoms. The summed E-state index contributed by atoms with van der Waals surface area (Å²) in [5, 5.41) is 8.88. The Kier molecular flexibility index (Phi) is 5.71. The van der Waals surface area contributed by atoms with Crippen molar-refractivity contribution in [1.29, 1.82) is 0 Å². The first-order chi connectivity index (χ1) is 14.3. The van der Waals surface area contributed by atoms with Crippen molar-refractivity contribution in [3.05, 3.63) is 59.9 Å². The third-order valence-electron chi connectivity index (χ3n) is 5.14. The Morgan fingerprint density at radius 1 is 1.13 bits per heavy atom. The van der Waals surface area contributed by atoms with Crippen LogP contribution < -0.4 is 21.4 Å². The van der Waals surface area contributed by atoms with Crippen LogP contribution in [-0.4, -0.2) is 27.2 Å². The Labute approximate surface area is 182 Å². The van der Waals surface area contributed by atoms with Crippen LogP contribution in [0.1, 0.15) is 51.1 Å². The first-order valence-electron chi connectivity index (χ1n) is 9.77. The molecule has 2 heterocycles. The number of hydrogen-bond acceptors (Lipinski definition) is 6. The van der Waals surface area contributed by atoms with E-state index in [0.717, 1.165) is 42.5 Å². The molecule has 0 amide bonds. The number of benzene rings is 1. The highest BCUT2D eigenvalue weighted by atomic mass is 35.5. The monoisotopic (exact) mass is 449 g/mol. The molecule has 0 spiro atoms. The van der Waals surface area contributed by atoms with Crippen LogP contribution in [0.3, 0.4) is 0 Å². The molecule has 1 aromatic carbocycles. The van der Waals surface area contributed by atoms with E-state index in [1.165, 1.54) is 17.7 Å². The summed E-state index contributed by atoms with van der Waals surface area (Å²) < 4.78 is 7.06. The summed E-state index contributed by atoms with van der Waals surface area (Å²) in [5.41, 5.74) is 4.75. The van der Waals surface area contributed by atoms with Gasteiger partial charge in [0.05, 0.1) is 22.3 Å². The molecule has 1 aliphatic heterocycles. The summed E-state index contributed by atoms with van der Waals surface area (Å²) in [5.74, 6) is 0.557. The minimum absolute atomic E-state index is 0.163. The lowest BCUT2D eigenvalue weighted by molar-refractivity contribution is 0.514. The van der Waals surface area contributed by atoms with Crippen molar-refractivity contribution in [3.8, 4) is 11.4 Å². The van der Waals surface area contributed by atoms with Crippen LogP contribution in [0.5, 0.6) is 5.75 Å². The standard InChI is InChI=1S/C20H21Cl2N5O3/c1-10(2)16-18(28)24-20(29)27(26-16)12-7-14(21)17(15(22)8-12)30-19-13-6-4-3-5-11(13)9-23-25-19/h7-8,10,23H,3-6,9H2,1-2H3,(H,24,28,29). The Morgan fingerprint density at radius 2 is 1.83 bits per heavy atom. The summed E-state index contributed by atoms with van der Waals surface area (Å²) in [6, 6.07) is 3.04. The lowest BCUT2D eigenvalue weighted by Crippen LogP contribution is -2.34. The Hall–Kier alpha value is -2.58. The minimum atomic E-state index is -0.678. The smallest absolute Gasteiger partial charge is 0.349 e. The van der Waals surface area contributed by atoms with Crippen molar-refractivity contribution in [1.82, 2.24) is 20.2 Å². The summed E-state index contributed by atoms with van der Waals surface area (Å²) in [6.07, 6.45) is 4.16. The Bertz CT molecular complexity index is 1160. The maximum atomic E-state index is 12.3. The number of rotatable bonds is 3. The van der Waals surface area contributed by atoms with Gasteiger partial charge in [-0.05, 0) is 43.4 Å². The van der Waals surface area contributed by atoms with E-state index >= 15 is 0 Å². The Balaban J connectivity index is 1.71. The third-order valence-corrected chi connectivity index (χ3v) is 5.70. The lowest BCUT2D eigenvalue weighted by Gasteiger charge is -2.25. The van der Waals surface area contributed by atoms with Gasteiger partial charge in [-0.1, -0.05) is 37.0 Å². The van der Waals surface area contributed by atoms with Gasteiger partial charge in [0.1, 0.15) is 5.69 Å². The predicted molar refractivity (Wildman–Crippen MR) is 116 cm³/mol. The van der Waals surface area contributed by atoms with E-state index in [9.17, 15) is 9.59 Å². The first-order valence-corrected chi connectivity index (χ1v) is 10.5. The summed E-state index contributed by atoms with van der Waals surface area (Å²) in [7, 11) is 0. The molecule has 1 aromatic heterocycles. The van der Waals surface area contributed by atoms with Crippen molar-refractivity contribution in [3.63, 3.8) is 0 Å². The molecule has 2 aliphatic rings. The summed E-state index contributed by atoms with van der Waals surface area (Å²) >= 11 is 12.9. The number of hydrogen-bond donors (Lipinski definition) is 2. The lowest BCUT2D eigenvalue weighted by atomic mass is 9.91. The van der Waals surface area contributed by atoms with E-state index in [2.05, 4.69) is 20.6 Å². The van der Waals surface area contributed by atoms with Gasteiger partial charge >= 0.3 is 5.69 Å². The Morgan fingerprint density at radius 3 is 2.53 bits per heavy atom. The fourth-order valence-corrected chi connectivity index (χ4v) is 4.16. The van der Waals surface area contributed by atoms with Crippen molar-refractivity contribution < 1.29 is 4.74 Å². The highest BCUT2D eigenvalue weighted by Crippen LogP contribution is 2.37. The molecular weight excluding hydrogens is 429 g/mol. The topological polar surface area (TPSA) is 101 Å². The molecule has 2 aromatic rings. The second-order valence-electron chi connectivity index (χ2n) is 7.59. The van der Waals surface area contributed by atoms with Gasteiger partial charge in [-0.15, -0.1) is 5.10 Å². The zero-order valence-electron chi connectivity index (χ0n) is 16.6. The molecule has 4 rings (SSSR count). The number of halogens is 2. The minimum Gasteiger partial charge on any atom is -0.434 e. The van der Waals surface area contributed by atoms with Gasteiger partial charge in [0.15, 0.2) is 5.75 Å². The fourth-order valence-electron chi connectivity index (χ4n) is 3.61. The van der Waals surface area contributed by atoms with Crippen LogP contribution in [0.15, 0.2) is 38.0 Å². The molecule has 1 aliphatic carbocycles. The van der Waals surface area contributed by atoms with Crippen molar-refractivity contribution in [2.75, 3.05) is 6.54 Å². The van der Waals surface area contributed by atoms with Crippen LogP contribution in [-0.2, 0) is 0 Å². The van der Waals surface area contributed by atoms with E-state index in [1.54, 1.807) is 0 Å². The molecule has 2 N–H and O–H groups in total. The van der Waals surface area contributed by atoms with Gasteiger partial charge < -0.3 is 10.2 Å². The molecule has 0 fully saturated rings. The molecule has 0 atom stereocenters. The fraction of sp³-hybridized carbons (Fsp3) is 0.400. The summed E-state index contributed by atoms with van der Waals surface area (Å²) in [6.45, 7) is 4.36. The van der Waals surface area contributed by atoms with E-state index in [1.807, 2.05) is 13.8 Å². The van der Waals surface area contributed by atoms with Crippen LogP contribution in [0, 0.1) is 0 Å². The third kappa shape index (κ3) is 3.89. The number of ether oxygens (including phenoxy) is 1. The van der Waals surface area contributed by atoms with E-state index in [0.29, 0.717) is 11.6 Å². The number of aromatic amines is 1. The predicted octanol–water partition coefficient (Wildman–Crippen LogP) is 3.52. The molecule has 0 unspecified atom stereocenters. The van der Waals surface area contributed by atoms with Crippen LogP contribution in [0.25, 0.3) is 5.69 Å². The highest BCUT2D eigenvalue weighted by Gasteiger charge is 2.24. The van der Waals surface area contributed by atoms with Gasteiger partial charge in [-0.3, -0.25) is 9.78 Å². The van der Waals surface area contributed by atoms with Gasteiger partial charge in [-0.2, -0.15) is 9.78 Å². The van der Waals surface area contributed by atoms with Crippen molar-refractivity contribution in [2.45, 2.75) is 45.4 Å². The molecule has 30 heavy (non-hydrogen) atoms. The maximum absolute atomic E-state index is 12.3. The molecule has 0 saturated carbocycles. The molecule has 10 heteroatoms. The van der Waals surface area contributed by atoms with Crippen LogP contribution >= 0.6 is 23.2 Å². The quantitative estimate of drug-likeness (QED) is 0.745. The second kappa shape index (κ2) is 8.28. The van der Waals surface area contributed by atoms with Crippen molar-refractivity contribution >= 4 is 29.1 Å². The molecule has 0 radical (unpaired) electrons. The molecule has 158 valence electrons. The largest absolute Gasteiger partial charge is 0.434 e. The van der Waals surface area contributed by atoms with E-state index in [-0.39, 0.29) is 27.4 Å². The maximum Gasteiger partial charge on any atom is 0.349 e. The van der Waals surface area contributed by atoms with E-state index in [4.69, 9.17) is 27.9 Å². The van der Waals surface area contributed by atoms with Crippen molar-refractivity contribution in [2.24, 2.45) is 5.10 Å². The zero-order valence-corrected chi connectivity index (χ0v) is 18.1. The second-order valence-corrected chi connectivity index (χ2v) is 8.41. The first kappa shape index (κ1) is 20.7. The average Bonchev–Trinajstić information content (AvgIpc) is 2.70. The highest BCUT2D eigenvalue weighted by molar-refractivity contribution is 6.37. The molecule has 8 nitrogen and oxygen atoms in total. The van der Waals surface area contributed by atoms with Gasteiger partial charge in [0.25, 0.3) is 5.56 Å². The van der Waals surface area contributed by atoms with Crippen LogP contribution in [0.4, 0.5) is 0 Å². The van der Waals surface area contributed by atoms with E-state index < -0.39 is 11.2 Å². The number of H-pyrrole nitrogens is 1. The number of nitrogens with one attached hydrogen (secondary N) is 2. The van der Waals surface area contributed by atoms with Gasteiger partial charge in [-0.25, -0.2) is 4.79 Å². The molecular formula is C20H21Cl2N5O3. The normalized spacial score (nSPS) is 16.2. The SMILES string of the molecule is CC(C)c1nn(-c2cc(Cl)c(OC3=NNCC4=C3CCCC4)c(Cl)c2)c(=O)[nH]c1=O. The number of hydrazone groups is 1. The van der Waals surface area contributed by atoms with Crippen LogP contribution in [0.2, 0.25) is 10.0 Å². The molecule has 0 saturated heterocycles. The summed E-state index contributed by atoms with van der Waals surface area (Å²) in [4.78, 5) is 26.5. The zero-order chi connectivity index (χ0) is 21.4. The van der Waals surface area contributed by atoms with Gasteiger partial charge in [0, 0.05) is 11.5 Å².